The standard InChI is InChI=1S/C17H18FNO4/c1-19(2)17(20)22-11-10-21-14-6-8-15(9-7-14)23-16-5-3-4-13(18)12-16/h3-9,12H,10-11H2,1-2H3. The van der Waals surface area contributed by atoms with E-state index in [9.17, 15) is 9.18 Å². The number of amides is 1. The van der Waals surface area contributed by atoms with Gasteiger partial charge in [-0.3, -0.25) is 0 Å². The molecule has 0 aliphatic heterocycles. The third-order valence-electron chi connectivity index (χ3n) is 2.80. The van der Waals surface area contributed by atoms with Crippen LogP contribution < -0.4 is 9.47 Å². The average molecular weight is 319 g/mol. The zero-order chi connectivity index (χ0) is 16.7. The third-order valence-corrected chi connectivity index (χ3v) is 2.80. The Bertz CT molecular complexity index is 643. The smallest absolute Gasteiger partial charge is 0.409 e. The lowest BCUT2D eigenvalue weighted by Gasteiger charge is -2.12. The van der Waals surface area contributed by atoms with Gasteiger partial charge in [0, 0.05) is 20.2 Å². The fourth-order valence-electron chi connectivity index (χ4n) is 1.69. The lowest BCUT2D eigenvalue weighted by atomic mass is 10.3. The van der Waals surface area contributed by atoms with Gasteiger partial charge in [0.25, 0.3) is 0 Å². The number of carbonyl (C=O) groups excluding carboxylic acids is 1. The number of rotatable bonds is 6. The van der Waals surface area contributed by atoms with E-state index in [-0.39, 0.29) is 19.0 Å². The molecule has 0 N–H and O–H groups in total. The minimum atomic E-state index is -0.410. The summed E-state index contributed by atoms with van der Waals surface area (Å²) in [5.41, 5.74) is 0. The van der Waals surface area contributed by atoms with Crippen LogP contribution in [-0.2, 0) is 4.74 Å². The Hall–Kier alpha value is -2.76. The molecule has 0 aromatic heterocycles. The minimum Gasteiger partial charge on any atom is -0.490 e. The SMILES string of the molecule is CN(C)C(=O)OCCOc1ccc(Oc2cccc(F)c2)cc1. The first-order chi connectivity index (χ1) is 11.0. The van der Waals surface area contributed by atoms with Crippen LogP contribution in [0.25, 0.3) is 0 Å². The Balaban J connectivity index is 1.79. The van der Waals surface area contributed by atoms with Gasteiger partial charge >= 0.3 is 6.09 Å². The van der Waals surface area contributed by atoms with Crippen molar-refractivity contribution in [1.29, 1.82) is 0 Å². The zero-order valence-corrected chi connectivity index (χ0v) is 13.0. The fraction of sp³-hybridized carbons (Fsp3) is 0.235. The molecule has 0 aliphatic rings. The summed E-state index contributed by atoms with van der Waals surface area (Å²) in [4.78, 5) is 12.5. The van der Waals surface area contributed by atoms with Crippen molar-refractivity contribution in [2.45, 2.75) is 0 Å². The highest BCUT2D eigenvalue weighted by atomic mass is 19.1. The minimum absolute atomic E-state index is 0.165. The molecule has 0 saturated carbocycles. The summed E-state index contributed by atoms with van der Waals surface area (Å²) in [7, 11) is 3.22. The van der Waals surface area contributed by atoms with Crippen molar-refractivity contribution in [3.63, 3.8) is 0 Å². The molecule has 2 aromatic carbocycles. The molecule has 0 spiro atoms. The summed E-state index contributed by atoms with van der Waals surface area (Å²) in [5.74, 6) is 1.27. The summed E-state index contributed by atoms with van der Waals surface area (Å²) >= 11 is 0. The largest absolute Gasteiger partial charge is 0.490 e. The molecular formula is C17H18FNO4. The van der Waals surface area contributed by atoms with Crippen LogP contribution in [0.15, 0.2) is 48.5 Å². The number of nitrogens with zero attached hydrogens (tertiary/aromatic N) is 1. The van der Waals surface area contributed by atoms with E-state index in [0.717, 1.165) is 0 Å². The topological polar surface area (TPSA) is 48.0 Å². The molecule has 122 valence electrons. The van der Waals surface area contributed by atoms with Gasteiger partial charge in [0.15, 0.2) is 0 Å². The van der Waals surface area contributed by atoms with Gasteiger partial charge in [-0.15, -0.1) is 0 Å². The van der Waals surface area contributed by atoms with Gasteiger partial charge in [0.1, 0.15) is 36.3 Å². The van der Waals surface area contributed by atoms with Gasteiger partial charge in [-0.2, -0.15) is 0 Å². The number of hydrogen-bond donors (Lipinski definition) is 0. The molecule has 0 bridgehead atoms. The number of hydrogen-bond acceptors (Lipinski definition) is 4. The molecule has 0 heterocycles. The van der Waals surface area contributed by atoms with Crippen molar-refractivity contribution in [2.24, 2.45) is 0 Å². The van der Waals surface area contributed by atoms with Crippen LogP contribution in [0.4, 0.5) is 9.18 Å². The molecule has 23 heavy (non-hydrogen) atoms. The number of halogens is 1. The molecule has 0 saturated heterocycles. The van der Waals surface area contributed by atoms with Crippen LogP contribution >= 0.6 is 0 Å². The lowest BCUT2D eigenvalue weighted by molar-refractivity contribution is 0.102. The van der Waals surface area contributed by atoms with Crippen molar-refractivity contribution in [1.82, 2.24) is 4.90 Å². The molecule has 0 atom stereocenters. The van der Waals surface area contributed by atoms with Crippen LogP contribution in [-0.4, -0.2) is 38.3 Å². The van der Waals surface area contributed by atoms with Crippen molar-refractivity contribution in [2.75, 3.05) is 27.3 Å². The quantitative estimate of drug-likeness (QED) is 0.762. The van der Waals surface area contributed by atoms with E-state index < -0.39 is 6.09 Å². The molecule has 5 nitrogen and oxygen atoms in total. The van der Waals surface area contributed by atoms with Crippen molar-refractivity contribution in [3.05, 3.63) is 54.3 Å². The van der Waals surface area contributed by atoms with Crippen molar-refractivity contribution < 1.29 is 23.4 Å². The fourth-order valence-corrected chi connectivity index (χ4v) is 1.69. The van der Waals surface area contributed by atoms with E-state index in [1.54, 1.807) is 50.5 Å². The second kappa shape index (κ2) is 8.03. The second-order valence-corrected chi connectivity index (χ2v) is 4.89. The highest BCUT2D eigenvalue weighted by Gasteiger charge is 2.04. The highest BCUT2D eigenvalue weighted by Crippen LogP contribution is 2.24. The molecule has 1 amide bonds. The molecule has 0 unspecified atom stereocenters. The van der Waals surface area contributed by atoms with Gasteiger partial charge in [0.05, 0.1) is 0 Å². The van der Waals surface area contributed by atoms with Gasteiger partial charge in [-0.25, -0.2) is 9.18 Å². The molecule has 0 aliphatic carbocycles. The van der Waals surface area contributed by atoms with E-state index in [1.807, 2.05) is 0 Å². The molecule has 2 rings (SSSR count). The predicted octanol–water partition coefficient (Wildman–Crippen LogP) is 3.70. The maximum atomic E-state index is 13.1. The van der Waals surface area contributed by atoms with Crippen LogP contribution in [0.5, 0.6) is 17.2 Å². The normalized spacial score (nSPS) is 10.0. The summed E-state index contributed by atoms with van der Waals surface area (Å²) < 4.78 is 29.0. The molecular weight excluding hydrogens is 301 g/mol. The Morgan fingerprint density at radius 1 is 1.00 bits per heavy atom. The average Bonchev–Trinajstić information content (AvgIpc) is 2.53. The summed E-state index contributed by atoms with van der Waals surface area (Å²) in [6.07, 6.45) is -0.410. The summed E-state index contributed by atoms with van der Waals surface area (Å²) in [6.45, 7) is 0.419. The predicted molar refractivity (Wildman–Crippen MR) is 83.4 cm³/mol. The first kappa shape index (κ1) is 16.6. The lowest BCUT2D eigenvalue weighted by Crippen LogP contribution is -2.24. The molecule has 6 heteroatoms. The van der Waals surface area contributed by atoms with Crippen LogP contribution in [0, 0.1) is 5.82 Å². The molecule has 2 aromatic rings. The van der Waals surface area contributed by atoms with E-state index in [2.05, 4.69) is 0 Å². The highest BCUT2D eigenvalue weighted by molar-refractivity contribution is 5.66. The van der Waals surface area contributed by atoms with E-state index in [0.29, 0.717) is 17.2 Å². The van der Waals surface area contributed by atoms with E-state index in [1.165, 1.54) is 17.0 Å². The van der Waals surface area contributed by atoms with Crippen molar-refractivity contribution in [3.8, 4) is 17.2 Å². The Morgan fingerprint density at radius 2 is 1.70 bits per heavy atom. The van der Waals surface area contributed by atoms with Gasteiger partial charge in [-0.05, 0) is 36.4 Å². The summed E-state index contributed by atoms with van der Waals surface area (Å²) in [6, 6.07) is 12.8. The second-order valence-electron chi connectivity index (χ2n) is 4.89. The summed E-state index contributed by atoms with van der Waals surface area (Å²) in [5, 5.41) is 0. The first-order valence-corrected chi connectivity index (χ1v) is 7.05. The van der Waals surface area contributed by atoms with Crippen LogP contribution in [0.3, 0.4) is 0 Å². The number of ether oxygens (including phenoxy) is 3. The molecule has 0 radical (unpaired) electrons. The number of benzene rings is 2. The maximum absolute atomic E-state index is 13.1. The zero-order valence-electron chi connectivity index (χ0n) is 13.0. The maximum Gasteiger partial charge on any atom is 0.409 e. The number of carbonyl (C=O) groups is 1. The van der Waals surface area contributed by atoms with Gasteiger partial charge in [0.2, 0.25) is 0 Å². The monoisotopic (exact) mass is 319 g/mol. The van der Waals surface area contributed by atoms with Crippen LogP contribution in [0.2, 0.25) is 0 Å². The van der Waals surface area contributed by atoms with Gasteiger partial charge in [-0.1, -0.05) is 6.07 Å². The van der Waals surface area contributed by atoms with E-state index in [4.69, 9.17) is 14.2 Å². The van der Waals surface area contributed by atoms with Gasteiger partial charge < -0.3 is 19.1 Å². The van der Waals surface area contributed by atoms with Crippen molar-refractivity contribution >= 4 is 6.09 Å². The Kier molecular flexibility index (Phi) is 5.80. The Labute approximate surface area is 134 Å². The van der Waals surface area contributed by atoms with Crippen LogP contribution in [0.1, 0.15) is 0 Å². The van der Waals surface area contributed by atoms with E-state index >= 15 is 0 Å². The third kappa shape index (κ3) is 5.50. The first-order valence-electron chi connectivity index (χ1n) is 7.05. The Morgan fingerprint density at radius 3 is 2.35 bits per heavy atom. The molecule has 0 fully saturated rings.